The second kappa shape index (κ2) is 20.3. The Balaban J connectivity index is 1.21. The lowest BCUT2D eigenvalue weighted by Gasteiger charge is -2.29. The summed E-state index contributed by atoms with van der Waals surface area (Å²) < 4.78 is 16.3. The molecule has 11 nitrogen and oxygen atoms in total. The molecule has 0 spiro atoms. The van der Waals surface area contributed by atoms with E-state index < -0.39 is 41.6 Å². The highest BCUT2D eigenvalue weighted by Crippen LogP contribution is 2.44. The van der Waals surface area contributed by atoms with E-state index in [0.717, 1.165) is 27.8 Å². The summed E-state index contributed by atoms with van der Waals surface area (Å²) in [6, 6.07) is 23.7. The summed E-state index contributed by atoms with van der Waals surface area (Å²) in [6.07, 6.45) is 5.71. The fourth-order valence-corrected chi connectivity index (χ4v) is 7.84. The third kappa shape index (κ3) is 12.0. The molecule has 3 amide bonds. The van der Waals surface area contributed by atoms with Crippen molar-refractivity contribution in [2.45, 2.75) is 109 Å². The molecule has 1 aliphatic carbocycles. The minimum Gasteiger partial charge on any atom is -0.467 e. The van der Waals surface area contributed by atoms with Crippen LogP contribution in [0, 0.1) is 11.8 Å². The van der Waals surface area contributed by atoms with Gasteiger partial charge in [0.1, 0.15) is 24.3 Å². The van der Waals surface area contributed by atoms with Crippen LogP contribution in [-0.2, 0) is 39.8 Å². The largest absolute Gasteiger partial charge is 0.467 e. The zero-order chi connectivity index (χ0) is 41.8. The normalized spacial score (nSPS) is 16.6. The van der Waals surface area contributed by atoms with Crippen molar-refractivity contribution in [3.8, 4) is 11.1 Å². The minimum absolute atomic E-state index is 0.0570. The van der Waals surface area contributed by atoms with Crippen LogP contribution < -0.4 is 10.6 Å². The van der Waals surface area contributed by atoms with Crippen molar-refractivity contribution in [3.63, 3.8) is 0 Å². The molecule has 3 aromatic rings. The van der Waals surface area contributed by atoms with Gasteiger partial charge >= 0.3 is 18.0 Å². The summed E-state index contributed by atoms with van der Waals surface area (Å²) in [5.41, 5.74) is 4.82. The SMILES string of the molecule is COC(=O)[C@H](CCCC(=O)OCC1c2ccccc2-c2ccccc21)NC(=O)[C@@H]1CCCN1C(=O)[C@H](/C=C/[C@H](CC(C)C)NC(=O)OC(C)(C)C)Cc1ccccc1. The van der Waals surface area contributed by atoms with Crippen molar-refractivity contribution in [2.75, 3.05) is 20.3 Å². The maximum absolute atomic E-state index is 14.4. The lowest BCUT2D eigenvalue weighted by atomic mass is 9.95. The molecule has 1 heterocycles. The number of rotatable bonds is 17. The zero-order valence-corrected chi connectivity index (χ0v) is 34.7. The Morgan fingerprint density at radius 1 is 0.862 bits per heavy atom. The van der Waals surface area contributed by atoms with E-state index in [1.54, 1.807) is 25.7 Å². The van der Waals surface area contributed by atoms with Crippen molar-refractivity contribution in [3.05, 3.63) is 108 Å². The summed E-state index contributed by atoms with van der Waals surface area (Å²) in [7, 11) is 1.25. The average Bonchev–Trinajstić information content (AvgIpc) is 3.80. The Labute approximate surface area is 342 Å². The van der Waals surface area contributed by atoms with Gasteiger partial charge in [0.05, 0.1) is 19.1 Å². The molecule has 1 aliphatic heterocycles. The molecular formula is C47H59N3O8. The molecule has 5 rings (SSSR count). The predicted molar refractivity (Wildman–Crippen MR) is 223 cm³/mol. The van der Waals surface area contributed by atoms with Crippen LogP contribution in [-0.4, -0.2) is 78.7 Å². The number of hydrogen-bond acceptors (Lipinski definition) is 8. The summed E-state index contributed by atoms with van der Waals surface area (Å²) in [6.45, 7) is 10.1. The Hall–Kier alpha value is -5.45. The molecule has 1 fully saturated rings. The van der Waals surface area contributed by atoms with Crippen LogP contribution in [0.1, 0.15) is 95.8 Å². The molecule has 11 heteroatoms. The van der Waals surface area contributed by atoms with Gasteiger partial charge in [-0.2, -0.15) is 0 Å². The van der Waals surface area contributed by atoms with Crippen LogP contribution in [0.2, 0.25) is 0 Å². The zero-order valence-electron chi connectivity index (χ0n) is 34.7. The van der Waals surface area contributed by atoms with E-state index in [-0.39, 0.29) is 55.6 Å². The van der Waals surface area contributed by atoms with Gasteiger partial charge in [0.2, 0.25) is 11.8 Å². The monoisotopic (exact) mass is 793 g/mol. The van der Waals surface area contributed by atoms with Gasteiger partial charge in [-0.15, -0.1) is 0 Å². The highest BCUT2D eigenvalue weighted by atomic mass is 16.6. The smallest absolute Gasteiger partial charge is 0.408 e. The maximum atomic E-state index is 14.4. The second-order valence-corrected chi connectivity index (χ2v) is 16.6. The molecule has 2 aliphatic rings. The Bertz CT molecular complexity index is 1870. The molecular weight excluding hydrogens is 735 g/mol. The fourth-order valence-electron chi connectivity index (χ4n) is 7.84. The first-order valence-corrected chi connectivity index (χ1v) is 20.5. The molecule has 0 bridgehead atoms. The van der Waals surface area contributed by atoms with Crippen molar-refractivity contribution < 1.29 is 38.2 Å². The molecule has 58 heavy (non-hydrogen) atoms. The molecule has 0 radical (unpaired) electrons. The maximum Gasteiger partial charge on any atom is 0.408 e. The summed E-state index contributed by atoms with van der Waals surface area (Å²) >= 11 is 0. The molecule has 0 aromatic heterocycles. The van der Waals surface area contributed by atoms with Crippen LogP contribution in [0.25, 0.3) is 11.1 Å². The number of hydrogen-bond donors (Lipinski definition) is 2. The summed E-state index contributed by atoms with van der Waals surface area (Å²) in [5, 5.41) is 5.77. The lowest BCUT2D eigenvalue weighted by molar-refractivity contribution is -0.148. The number of amides is 3. The first kappa shape index (κ1) is 43.7. The Kier molecular flexibility index (Phi) is 15.3. The minimum atomic E-state index is -1.01. The van der Waals surface area contributed by atoms with Crippen LogP contribution >= 0.6 is 0 Å². The number of carbonyl (C=O) groups is 5. The summed E-state index contributed by atoms with van der Waals surface area (Å²) in [5.74, 6) is -2.12. The van der Waals surface area contributed by atoms with Gasteiger partial charge in [-0.05, 0) is 93.0 Å². The molecule has 2 N–H and O–H groups in total. The number of carbonyl (C=O) groups excluding carboxylic acids is 5. The van der Waals surface area contributed by atoms with E-state index in [1.807, 2.05) is 66.7 Å². The third-order valence-corrected chi connectivity index (χ3v) is 10.5. The van der Waals surface area contributed by atoms with Gasteiger partial charge in [-0.1, -0.05) is 105 Å². The van der Waals surface area contributed by atoms with Gasteiger partial charge in [0, 0.05) is 18.9 Å². The Morgan fingerprint density at radius 3 is 2.12 bits per heavy atom. The van der Waals surface area contributed by atoms with Gasteiger partial charge in [-0.25, -0.2) is 9.59 Å². The standard InChI is InChI=1S/C47H59N3O8/c1-31(2)28-34(48-46(55)58-47(3,4)5)26-25-33(29-32-16-8-7-9-17-32)44(53)50-27-15-23-41(50)43(52)49-40(45(54)56-6)22-14-24-42(51)57-30-39-37-20-12-10-18-35(37)36-19-11-13-21-38(36)39/h7-13,16-21,25-26,31,33-34,39-41H,14-15,22-24,27-30H2,1-6H3,(H,48,55)(H,49,52)/b26-25+/t33-,34-,40+,41+/m1/s1. The predicted octanol–water partition coefficient (Wildman–Crippen LogP) is 7.52. The van der Waals surface area contributed by atoms with Crippen molar-refractivity contribution in [1.82, 2.24) is 15.5 Å². The molecule has 0 unspecified atom stereocenters. The molecule has 310 valence electrons. The molecule has 3 aromatic carbocycles. The summed E-state index contributed by atoms with van der Waals surface area (Å²) in [4.78, 5) is 68.4. The second-order valence-electron chi connectivity index (χ2n) is 16.6. The van der Waals surface area contributed by atoms with Gasteiger partial charge in [-0.3, -0.25) is 14.4 Å². The van der Waals surface area contributed by atoms with Crippen LogP contribution in [0.5, 0.6) is 0 Å². The van der Waals surface area contributed by atoms with Crippen molar-refractivity contribution >= 4 is 29.8 Å². The van der Waals surface area contributed by atoms with Gasteiger partial charge in [0.25, 0.3) is 0 Å². The topological polar surface area (TPSA) is 140 Å². The number of nitrogens with one attached hydrogen (secondary N) is 2. The number of benzene rings is 3. The number of fused-ring (bicyclic) bond motifs is 3. The quantitative estimate of drug-likeness (QED) is 0.0813. The third-order valence-electron chi connectivity index (χ3n) is 10.5. The molecule has 0 saturated carbocycles. The number of ether oxygens (including phenoxy) is 3. The first-order valence-electron chi connectivity index (χ1n) is 20.5. The van der Waals surface area contributed by atoms with E-state index in [0.29, 0.717) is 32.2 Å². The Morgan fingerprint density at radius 2 is 1.50 bits per heavy atom. The highest BCUT2D eigenvalue weighted by molar-refractivity contribution is 5.92. The van der Waals surface area contributed by atoms with E-state index in [1.165, 1.54) is 7.11 Å². The van der Waals surface area contributed by atoms with Gasteiger partial charge < -0.3 is 29.7 Å². The number of alkyl carbamates (subject to hydrolysis) is 1. The first-order chi connectivity index (χ1) is 27.7. The van der Waals surface area contributed by atoms with E-state index >= 15 is 0 Å². The fraction of sp³-hybridized carbons (Fsp3) is 0.468. The highest BCUT2D eigenvalue weighted by Gasteiger charge is 2.38. The van der Waals surface area contributed by atoms with Crippen molar-refractivity contribution in [2.24, 2.45) is 11.8 Å². The number of esters is 2. The van der Waals surface area contributed by atoms with Crippen LogP contribution in [0.3, 0.4) is 0 Å². The van der Waals surface area contributed by atoms with E-state index in [4.69, 9.17) is 14.2 Å². The lowest BCUT2D eigenvalue weighted by Crippen LogP contribution is -2.52. The van der Waals surface area contributed by atoms with Crippen LogP contribution in [0.15, 0.2) is 91.0 Å². The number of nitrogens with zero attached hydrogens (tertiary/aromatic N) is 1. The van der Waals surface area contributed by atoms with Crippen molar-refractivity contribution in [1.29, 1.82) is 0 Å². The van der Waals surface area contributed by atoms with Gasteiger partial charge in [0.15, 0.2) is 0 Å². The molecule has 1 saturated heterocycles. The van der Waals surface area contributed by atoms with Crippen LogP contribution in [0.4, 0.5) is 4.79 Å². The number of likely N-dealkylation sites (tertiary alicyclic amines) is 1. The van der Waals surface area contributed by atoms with E-state index in [2.05, 4.69) is 48.7 Å². The molecule has 4 atom stereocenters. The average molecular weight is 794 g/mol. The number of methoxy groups -OCH3 is 1. The van der Waals surface area contributed by atoms with E-state index in [9.17, 15) is 24.0 Å².